The maximum absolute atomic E-state index is 12.0. The number of amides is 1. The van der Waals surface area contributed by atoms with Gasteiger partial charge in [-0.1, -0.05) is 18.2 Å². The molecule has 0 radical (unpaired) electrons. The van der Waals surface area contributed by atoms with E-state index in [4.69, 9.17) is 12.2 Å². The van der Waals surface area contributed by atoms with E-state index >= 15 is 0 Å². The summed E-state index contributed by atoms with van der Waals surface area (Å²) in [5, 5.41) is 1.93. The summed E-state index contributed by atoms with van der Waals surface area (Å²) >= 11 is 5.43. The molecule has 0 bridgehead atoms. The summed E-state index contributed by atoms with van der Waals surface area (Å²) < 4.78 is 0. The van der Waals surface area contributed by atoms with Crippen LogP contribution in [-0.4, -0.2) is 38.9 Å². The molecule has 4 nitrogen and oxygen atoms in total. The number of H-pyrrole nitrogens is 1. The smallest absolute Gasteiger partial charge is 0.230 e. The third-order valence-corrected chi connectivity index (χ3v) is 4.94. The zero-order chi connectivity index (χ0) is 13.9. The summed E-state index contributed by atoms with van der Waals surface area (Å²) in [5.74, 6) is 0.125. The molecule has 102 valence electrons. The Morgan fingerprint density at radius 3 is 2.95 bits per heavy atom. The molecule has 5 heteroatoms. The predicted molar refractivity (Wildman–Crippen MR) is 81.3 cm³/mol. The summed E-state index contributed by atoms with van der Waals surface area (Å²) in [6.45, 7) is 0.769. The molecule has 2 aliphatic heterocycles. The van der Waals surface area contributed by atoms with E-state index in [1.807, 2.05) is 6.07 Å². The summed E-state index contributed by atoms with van der Waals surface area (Å²) in [5.41, 5.74) is 3.75. The Bertz CT molecular complexity index is 736. The number of nitrogens with one attached hydrogen (secondary N) is 1. The maximum Gasteiger partial charge on any atom is 0.230 e. The highest BCUT2D eigenvalue weighted by Gasteiger charge is 2.38. The fourth-order valence-corrected chi connectivity index (χ4v) is 3.63. The van der Waals surface area contributed by atoms with E-state index in [-0.39, 0.29) is 11.9 Å². The zero-order valence-electron chi connectivity index (χ0n) is 11.2. The first-order chi connectivity index (χ1) is 9.65. The summed E-state index contributed by atoms with van der Waals surface area (Å²) in [6, 6.07) is 8.56. The number of aromatic amines is 1. The van der Waals surface area contributed by atoms with E-state index in [9.17, 15) is 4.79 Å². The second-order valence-corrected chi connectivity index (χ2v) is 5.92. The number of hydrogen-bond donors (Lipinski definition) is 1. The summed E-state index contributed by atoms with van der Waals surface area (Å²) in [7, 11) is 1.77. The minimum absolute atomic E-state index is 0.125. The van der Waals surface area contributed by atoms with Gasteiger partial charge in [-0.25, -0.2) is 0 Å². The average Bonchev–Trinajstić information content (AvgIpc) is 2.81. The van der Waals surface area contributed by atoms with Crippen molar-refractivity contribution in [1.29, 1.82) is 0 Å². The van der Waals surface area contributed by atoms with E-state index in [1.165, 1.54) is 22.2 Å². The van der Waals surface area contributed by atoms with Crippen LogP contribution >= 0.6 is 12.2 Å². The van der Waals surface area contributed by atoms with E-state index in [0.29, 0.717) is 11.5 Å². The molecule has 2 aromatic rings. The van der Waals surface area contributed by atoms with Crippen molar-refractivity contribution in [3.8, 4) is 0 Å². The topological polar surface area (TPSA) is 39.3 Å². The lowest BCUT2D eigenvalue weighted by Gasteiger charge is -2.43. The lowest BCUT2D eigenvalue weighted by Crippen LogP contribution is -2.56. The van der Waals surface area contributed by atoms with E-state index < -0.39 is 0 Å². The molecule has 0 aliphatic carbocycles. The van der Waals surface area contributed by atoms with Crippen LogP contribution in [-0.2, 0) is 17.8 Å². The molecule has 1 amide bonds. The molecule has 1 aromatic heterocycles. The van der Waals surface area contributed by atoms with Crippen LogP contribution in [0.4, 0.5) is 0 Å². The van der Waals surface area contributed by atoms with Gasteiger partial charge in [0.25, 0.3) is 0 Å². The van der Waals surface area contributed by atoms with Crippen LogP contribution < -0.4 is 0 Å². The van der Waals surface area contributed by atoms with Crippen LogP contribution in [0.2, 0.25) is 0 Å². The highest BCUT2D eigenvalue weighted by atomic mass is 32.1. The second-order valence-electron chi connectivity index (χ2n) is 5.55. The maximum atomic E-state index is 12.0. The number of aromatic nitrogens is 1. The van der Waals surface area contributed by atoms with E-state index in [2.05, 4.69) is 28.1 Å². The van der Waals surface area contributed by atoms with Gasteiger partial charge in [-0.05, 0) is 30.3 Å². The van der Waals surface area contributed by atoms with Crippen molar-refractivity contribution in [2.75, 3.05) is 7.05 Å². The summed E-state index contributed by atoms with van der Waals surface area (Å²) in [4.78, 5) is 19.2. The third-order valence-electron chi connectivity index (χ3n) is 4.43. The monoisotopic (exact) mass is 285 g/mol. The molecule has 1 fully saturated rings. The Balaban J connectivity index is 1.81. The molecule has 1 atom stereocenters. The molecule has 3 heterocycles. The van der Waals surface area contributed by atoms with Crippen molar-refractivity contribution in [2.45, 2.75) is 25.4 Å². The number of nitrogens with zero attached hydrogens (tertiary/aromatic N) is 2. The first-order valence-electron chi connectivity index (χ1n) is 6.81. The number of benzene rings is 1. The molecular formula is C15H15N3OS. The van der Waals surface area contributed by atoms with Crippen molar-refractivity contribution in [3.05, 3.63) is 35.5 Å². The van der Waals surface area contributed by atoms with Gasteiger partial charge in [-0.3, -0.25) is 9.69 Å². The molecular weight excluding hydrogens is 270 g/mol. The Labute approximate surface area is 122 Å². The van der Waals surface area contributed by atoms with Gasteiger partial charge in [-0.15, -0.1) is 0 Å². The molecule has 2 aliphatic rings. The van der Waals surface area contributed by atoms with E-state index in [0.717, 1.165) is 13.0 Å². The molecule has 1 saturated heterocycles. The van der Waals surface area contributed by atoms with Crippen LogP contribution in [0.1, 0.15) is 17.7 Å². The van der Waals surface area contributed by atoms with Crippen molar-refractivity contribution in [1.82, 2.24) is 14.8 Å². The van der Waals surface area contributed by atoms with Crippen LogP contribution in [0.15, 0.2) is 24.3 Å². The molecule has 4 rings (SSSR count). The Morgan fingerprint density at radius 2 is 2.10 bits per heavy atom. The lowest BCUT2D eigenvalue weighted by molar-refractivity contribution is -0.129. The third kappa shape index (κ3) is 1.53. The standard InChI is InChI=1S/C15H15N3OS/c1-17-14(19)7-9-6-11-10-4-2-3-5-12(10)16-13(11)8-18(9)15(17)20/h2-5,9,16H,6-8H2,1H3. The second kappa shape index (κ2) is 4.06. The quantitative estimate of drug-likeness (QED) is 0.753. The molecule has 20 heavy (non-hydrogen) atoms. The Kier molecular flexibility index (Phi) is 2.41. The SMILES string of the molecule is CN1C(=O)CC2Cc3c([nH]c4ccccc34)CN2C1=S. The molecule has 0 spiro atoms. The average molecular weight is 285 g/mol. The molecule has 1 unspecified atom stereocenters. The number of rotatable bonds is 0. The van der Waals surface area contributed by atoms with Gasteiger partial charge in [0.15, 0.2) is 5.11 Å². The highest BCUT2D eigenvalue weighted by molar-refractivity contribution is 7.80. The fraction of sp³-hybridized carbons (Fsp3) is 0.333. The van der Waals surface area contributed by atoms with Gasteiger partial charge in [-0.2, -0.15) is 0 Å². The zero-order valence-corrected chi connectivity index (χ0v) is 12.0. The number of thiocarbonyl (C=S) groups is 1. The minimum atomic E-state index is 0.125. The van der Waals surface area contributed by atoms with Gasteiger partial charge in [0.1, 0.15) is 0 Å². The van der Waals surface area contributed by atoms with Crippen molar-refractivity contribution >= 4 is 34.1 Å². The van der Waals surface area contributed by atoms with Crippen LogP contribution in [0, 0.1) is 0 Å². The largest absolute Gasteiger partial charge is 0.357 e. The first kappa shape index (κ1) is 11.9. The number of fused-ring (bicyclic) bond motifs is 4. The van der Waals surface area contributed by atoms with Crippen LogP contribution in [0.5, 0.6) is 0 Å². The molecule has 1 N–H and O–H groups in total. The number of carbonyl (C=O) groups excluding carboxylic acids is 1. The molecule has 0 saturated carbocycles. The number of para-hydroxylation sites is 1. The lowest BCUT2D eigenvalue weighted by atomic mass is 9.93. The Hall–Kier alpha value is -1.88. The normalized spacial score (nSPS) is 22.1. The van der Waals surface area contributed by atoms with E-state index in [1.54, 1.807) is 11.9 Å². The van der Waals surface area contributed by atoms with Gasteiger partial charge in [0.2, 0.25) is 5.91 Å². The van der Waals surface area contributed by atoms with Crippen molar-refractivity contribution in [3.63, 3.8) is 0 Å². The van der Waals surface area contributed by atoms with Crippen molar-refractivity contribution < 1.29 is 4.79 Å². The number of carbonyl (C=O) groups is 1. The number of hydrogen-bond acceptors (Lipinski definition) is 2. The van der Waals surface area contributed by atoms with Gasteiger partial charge in [0.05, 0.1) is 6.54 Å². The highest BCUT2D eigenvalue weighted by Crippen LogP contribution is 2.33. The van der Waals surface area contributed by atoms with Crippen molar-refractivity contribution in [2.24, 2.45) is 0 Å². The minimum Gasteiger partial charge on any atom is -0.357 e. The van der Waals surface area contributed by atoms with Crippen LogP contribution in [0.3, 0.4) is 0 Å². The predicted octanol–water partition coefficient (Wildman–Crippen LogP) is 2.04. The summed E-state index contributed by atoms with van der Waals surface area (Å²) in [6.07, 6.45) is 1.44. The molecule has 1 aromatic carbocycles. The van der Waals surface area contributed by atoms with Gasteiger partial charge >= 0.3 is 0 Å². The van der Waals surface area contributed by atoms with Gasteiger partial charge < -0.3 is 9.88 Å². The fourth-order valence-electron chi connectivity index (χ4n) is 3.31. The van der Waals surface area contributed by atoms with Gasteiger partial charge in [0, 0.05) is 36.1 Å². The Morgan fingerprint density at radius 1 is 1.30 bits per heavy atom. The van der Waals surface area contributed by atoms with Crippen LogP contribution in [0.25, 0.3) is 10.9 Å². The first-order valence-corrected chi connectivity index (χ1v) is 7.21.